The van der Waals surface area contributed by atoms with Crippen molar-refractivity contribution in [2.45, 2.75) is 62.4 Å². The summed E-state index contributed by atoms with van der Waals surface area (Å²) in [7, 11) is 0. The second-order valence-corrected chi connectivity index (χ2v) is 9.44. The fourth-order valence-electron chi connectivity index (χ4n) is 4.29. The molecule has 4 rings (SSSR count). The van der Waals surface area contributed by atoms with Gasteiger partial charge in [-0.05, 0) is 43.9 Å². The molecule has 1 aliphatic carbocycles. The predicted octanol–water partition coefficient (Wildman–Crippen LogP) is 5.78. The van der Waals surface area contributed by atoms with Gasteiger partial charge in [0.15, 0.2) is 5.16 Å². The molecule has 1 atom stereocenters. The summed E-state index contributed by atoms with van der Waals surface area (Å²) in [4.78, 5) is 24.5. The second-order valence-electron chi connectivity index (χ2n) is 8.37. The summed E-state index contributed by atoms with van der Waals surface area (Å²) in [6.07, 6.45) is 5.73. The van der Waals surface area contributed by atoms with E-state index in [0.717, 1.165) is 29.8 Å². The van der Waals surface area contributed by atoms with Crippen LogP contribution in [0.25, 0.3) is 0 Å². The van der Waals surface area contributed by atoms with E-state index in [1.165, 1.54) is 37.1 Å². The summed E-state index contributed by atoms with van der Waals surface area (Å²) in [6, 6.07) is 14.5. The average molecular weight is 466 g/mol. The van der Waals surface area contributed by atoms with Crippen LogP contribution < -0.4 is 5.32 Å². The zero-order chi connectivity index (χ0) is 23.4. The van der Waals surface area contributed by atoms with Crippen LogP contribution in [-0.2, 0) is 4.79 Å². The lowest BCUT2D eigenvalue weighted by atomic mass is 9.95. The minimum absolute atomic E-state index is 0.124. The summed E-state index contributed by atoms with van der Waals surface area (Å²) in [5, 5.41) is 23.1. The Morgan fingerprint density at radius 2 is 1.85 bits per heavy atom. The molecule has 1 N–H and O–H groups in total. The number of rotatable bonds is 7. The van der Waals surface area contributed by atoms with Crippen molar-refractivity contribution in [3.05, 3.63) is 75.6 Å². The molecule has 1 aromatic heterocycles. The summed E-state index contributed by atoms with van der Waals surface area (Å²) >= 11 is 1.34. The third kappa shape index (κ3) is 5.24. The first-order valence-corrected chi connectivity index (χ1v) is 12.0. The van der Waals surface area contributed by atoms with E-state index in [4.69, 9.17) is 0 Å². The molecule has 0 saturated heterocycles. The van der Waals surface area contributed by atoms with Crippen molar-refractivity contribution in [3.8, 4) is 0 Å². The highest BCUT2D eigenvalue weighted by molar-refractivity contribution is 8.00. The predicted molar refractivity (Wildman–Crippen MR) is 128 cm³/mol. The maximum Gasteiger partial charge on any atom is 0.293 e. The fourth-order valence-corrected chi connectivity index (χ4v) is 5.45. The number of benzene rings is 2. The monoisotopic (exact) mass is 465 g/mol. The van der Waals surface area contributed by atoms with Crippen LogP contribution in [0.5, 0.6) is 0 Å². The summed E-state index contributed by atoms with van der Waals surface area (Å²) in [5.41, 5.74) is 1.61. The van der Waals surface area contributed by atoms with Crippen molar-refractivity contribution in [3.63, 3.8) is 0 Å². The van der Waals surface area contributed by atoms with Crippen LogP contribution in [0.1, 0.15) is 60.3 Å². The van der Waals surface area contributed by atoms with Gasteiger partial charge in [0.05, 0.1) is 4.92 Å². The van der Waals surface area contributed by atoms with E-state index in [1.54, 1.807) is 19.1 Å². The van der Waals surface area contributed by atoms with E-state index < -0.39 is 10.2 Å². The van der Waals surface area contributed by atoms with Crippen molar-refractivity contribution in [2.75, 3.05) is 5.32 Å². The number of nitrogens with zero attached hydrogens (tertiary/aromatic N) is 4. The van der Waals surface area contributed by atoms with E-state index in [-0.39, 0.29) is 17.3 Å². The first-order valence-electron chi connectivity index (χ1n) is 11.1. The fraction of sp³-hybridized carbons (Fsp3) is 0.375. The Hall–Kier alpha value is -3.20. The van der Waals surface area contributed by atoms with Crippen LogP contribution in [0.2, 0.25) is 0 Å². The summed E-state index contributed by atoms with van der Waals surface area (Å²) in [6.45, 7) is 3.72. The number of aromatic nitrogens is 3. The summed E-state index contributed by atoms with van der Waals surface area (Å²) in [5.74, 6) is 0.500. The average Bonchev–Trinajstić information content (AvgIpc) is 3.19. The molecule has 1 fully saturated rings. The SMILES string of the molecule is Cc1ccc(NC(=O)C(Sc2nnc(C)n2C2CCCCC2)c2ccccc2)c([N+](=O)[O-])c1. The molecule has 8 nitrogen and oxygen atoms in total. The van der Waals surface area contributed by atoms with Gasteiger partial charge in [0.2, 0.25) is 5.91 Å². The van der Waals surface area contributed by atoms with Gasteiger partial charge < -0.3 is 9.88 Å². The molecule has 0 bridgehead atoms. The Kier molecular flexibility index (Phi) is 7.08. The Morgan fingerprint density at radius 1 is 1.12 bits per heavy atom. The third-order valence-corrected chi connectivity index (χ3v) is 7.16. The molecule has 2 aromatic carbocycles. The lowest BCUT2D eigenvalue weighted by Gasteiger charge is -2.26. The van der Waals surface area contributed by atoms with Gasteiger partial charge in [0.1, 0.15) is 16.8 Å². The zero-order valence-electron chi connectivity index (χ0n) is 18.7. The van der Waals surface area contributed by atoms with E-state index in [2.05, 4.69) is 20.1 Å². The number of nitro groups is 1. The number of carbonyl (C=O) groups excluding carboxylic acids is 1. The van der Waals surface area contributed by atoms with Gasteiger partial charge in [0.25, 0.3) is 5.69 Å². The second kappa shape index (κ2) is 10.2. The molecule has 172 valence electrons. The topological polar surface area (TPSA) is 103 Å². The molecule has 33 heavy (non-hydrogen) atoms. The number of nitrogens with one attached hydrogen (secondary N) is 1. The Balaban J connectivity index is 1.65. The van der Waals surface area contributed by atoms with Gasteiger partial charge >= 0.3 is 0 Å². The maximum atomic E-state index is 13.5. The molecule has 1 amide bonds. The lowest BCUT2D eigenvalue weighted by molar-refractivity contribution is -0.384. The number of anilines is 1. The van der Waals surface area contributed by atoms with Crippen molar-refractivity contribution in [1.82, 2.24) is 14.8 Å². The highest BCUT2D eigenvalue weighted by Crippen LogP contribution is 2.39. The smallest absolute Gasteiger partial charge is 0.293 e. The zero-order valence-corrected chi connectivity index (χ0v) is 19.5. The Morgan fingerprint density at radius 3 is 2.55 bits per heavy atom. The molecule has 1 unspecified atom stereocenters. The van der Waals surface area contributed by atoms with Crippen molar-refractivity contribution in [2.24, 2.45) is 0 Å². The van der Waals surface area contributed by atoms with Gasteiger partial charge in [0, 0.05) is 12.1 Å². The third-order valence-electron chi connectivity index (χ3n) is 5.95. The quantitative estimate of drug-likeness (QED) is 0.269. The van der Waals surface area contributed by atoms with Gasteiger partial charge in [-0.15, -0.1) is 10.2 Å². The van der Waals surface area contributed by atoms with Crippen LogP contribution in [0.4, 0.5) is 11.4 Å². The van der Waals surface area contributed by atoms with Gasteiger partial charge in [-0.3, -0.25) is 14.9 Å². The number of aryl methyl sites for hydroxylation is 2. The van der Waals surface area contributed by atoms with Gasteiger partial charge in [-0.2, -0.15) is 0 Å². The first-order chi connectivity index (χ1) is 15.9. The molecular formula is C24H27N5O3S. The molecule has 0 spiro atoms. The molecule has 0 radical (unpaired) electrons. The van der Waals surface area contributed by atoms with Crippen LogP contribution in [0.3, 0.4) is 0 Å². The van der Waals surface area contributed by atoms with Crippen LogP contribution >= 0.6 is 11.8 Å². The molecule has 3 aromatic rings. The first kappa shape index (κ1) is 23.0. The number of hydrogen-bond donors (Lipinski definition) is 1. The maximum absolute atomic E-state index is 13.5. The van der Waals surface area contributed by atoms with E-state index in [9.17, 15) is 14.9 Å². The highest BCUT2D eigenvalue weighted by Gasteiger charge is 2.29. The Labute approximate surface area is 197 Å². The van der Waals surface area contributed by atoms with Crippen LogP contribution in [-0.4, -0.2) is 25.6 Å². The standard InChI is InChI=1S/C24H27N5O3S/c1-16-13-14-20(21(15-16)29(31)32)25-23(30)22(18-9-5-3-6-10-18)33-24-27-26-17(2)28(24)19-11-7-4-8-12-19/h3,5-6,9-10,13-15,19,22H,4,7-8,11-12H2,1-2H3,(H,25,30). The number of amides is 1. The number of carbonyl (C=O) groups is 1. The number of nitro benzene ring substituents is 1. The van der Waals surface area contributed by atoms with Gasteiger partial charge in [-0.25, -0.2) is 0 Å². The molecule has 0 aliphatic heterocycles. The largest absolute Gasteiger partial charge is 0.319 e. The van der Waals surface area contributed by atoms with Crippen LogP contribution in [0.15, 0.2) is 53.7 Å². The molecule has 1 heterocycles. The minimum Gasteiger partial charge on any atom is -0.319 e. The molecule has 9 heteroatoms. The van der Waals surface area contributed by atoms with Crippen molar-refractivity contribution in [1.29, 1.82) is 0 Å². The van der Waals surface area contributed by atoms with E-state index in [0.29, 0.717) is 11.2 Å². The lowest BCUT2D eigenvalue weighted by Crippen LogP contribution is -2.21. The van der Waals surface area contributed by atoms with E-state index in [1.807, 2.05) is 37.3 Å². The molecular weight excluding hydrogens is 438 g/mol. The van der Waals surface area contributed by atoms with E-state index >= 15 is 0 Å². The summed E-state index contributed by atoms with van der Waals surface area (Å²) < 4.78 is 2.15. The minimum atomic E-state index is -0.641. The Bertz CT molecular complexity index is 1140. The van der Waals surface area contributed by atoms with Crippen molar-refractivity contribution >= 4 is 29.0 Å². The highest BCUT2D eigenvalue weighted by atomic mass is 32.2. The number of thioether (sulfide) groups is 1. The molecule has 1 aliphatic rings. The molecule has 1 saturated carbocycles. The van der Waals surface area contributed by atoms with Gasteiger partial charge in [-0.1, -0.05) is 67.4 Å². The van der Waals surface area contributed by atoms with Crippen LogP contribution in [0, 0.1) is 24.0 Å². The number of hydrogen-bond acceptors (Lipinski definition) is 6. The van der Waals surface area contributed by atoms with Crippen molar-refractivity contribution < 1.29 is 9.72 Å². The normalized spacial score (nSPS) is 15.2.